The second-order valence-corrected chi connectivity index (χ2v) is 3.15. The molecular formula is C8H10BrNO. The highest BCUT2D eigenvalue weighted by atomic mass is 79.9. The lowest BCUT2D eigenvalue weighted by Gasteiger charge is -2.05. The van der Waals surface area contributed by atoms with Crippen LogP contribution in [-0.2, 0) is 0 Å². The molecule has 1 N–H and O–H groups in total. The van der Waals surface area contributed by atoms with Crippen LogP contribution in [0.15, 0.2) is 22.9 Å². The normalized spacial score (nSPS) is 13.0. The van der Waals surface area contributed by atoms with Gasteiger partial charge in [-0.25, -0.2) is 4.98 Å². The van der Waals surface area contributed by atoms with E-state index in [1.54, 1.807) is 6.20 Å². The van der Waals surface area contributed by atoms with Crippen molar-refractivity contribution in [2.45, 2.75) is 19.4 Å². The number of hydrogen-bond donors (Lipinski definition) is 1. The fraction of sp³-hybridized carbons (Fsp3) is 0.375. The molecule has 0 fully saturated rings. The summed E-state index contributed by atoms with van der Waals surface area (Å²) in [6, 6.07) is 3.69. The van der Waals surface area contributed by atoms with Crippen LogP contribution in [-0.4, -0.2) is 10.1 Å². The van der Waals surface area contributed by atoms with Crippen molar-refractivity contribution in [3.05, 3.63) is 28.5 Å². The molecule has 11 heavy (non-hydrogen) atoms. The van der Waals surface area contributed by atoms with Crippen LogP contribution in [0.5, 0.6) is 0 Å². The van der Waals surface area contributed by atoms with Crippen molar-refractivity contribution in [3.63, 3.8) is 0 Å². The Morgan fingerprint density at radius 2 is 2.36 bits per heavy atom. The second-order valence-electron chi connectivity index (χ2n) is 2.34. The molecule has 0 aromatic carbocycles. The zero-order chi connectivity index (χ0) is 8.27. The zero-order valence-corrected chi connectivity index (χ0v) is 7.87. The van der Waals surface area contributed by atoms with E-state index in [0.717, 1.165) is 16.6 Å². The van der Waals surface area contributed by atoms with Gasteiger partial charge in [-0.05, 0) is 34.0 Å². The highest BCUT2D eigenvalue weighted by Crippen LogP contribution is 2.16. The van der Waals surface area contributed by atoms with Gasteiger partial charge in [0.25, 0.3) is 0 Å². The van der Waals surface area contributed by atoms with E-state index in [1.165, 1.54) is 0 Å². The number of rotatable bonds is 2. The monoisotopic (exact) mass is 215 g/mol. The van der Waals surface area contributed by atoms with Crippen molar-refractivity contribution < 1.29 is 5.11 Å². The molecule has 0 saturated heterocycles. The van der Waals surface area contributed by atoms with E-state index in [-0.39, 0.29) is 6.10 Å². The molecule has 0 aliphatic heterocycles. The van der Waals surface area contributed by atoms with Gasteiger partial charge in [0.05, 0.1) is 6.10 Å². The molecule has 1 heterocycles. The molecule has 1 rings (SSSR count). The van der Waals surface area contributed by atoms with Crippen LogP contribution in [0.3, 0.4) is 0 Å². The summed E-state index contributed by atoms with van der Waals surface area (Å²) in [6.07, 6.45) is 2.03. The number of aromatic nitrogens is 1. The van der Waals surface area contributed by atoms with Gasteiger partial charge in [-0.3, -0.25) is 0 Å². The van der Waals surface area contributed by atoms with Crippen LogP contribution in [0, 0.1) is 0 Å². The molecule has 1 atom stereocenters. The summed E-state index contributed by atoms with van der Waals surface area (Å²) in [5.74, 6) is 0. The van der Waals surface area contributed by atoms with Gasteiger partial charge in [0.2, 0.25) is 0 Å². The second kappa shape index (κ2) is 3.83. The molecule has 0 amide bonds. The summed E-state index contributed by atoms with van der Waals surface area (Å²) in [7, 11) is 0. The Morgan fingerprint density at radius 3 is 2.82 bits per heavy atom. The van der Waals surface area contributed by atoms with Crippen LogP contribution in [0.2, 0.25) is 0 Å². The summed E-state index contributed by atoms with van der Waals surface area (Å²) >= 11 is 3.22. The first-order valence-corrected chi connectivity index (χ1v) is 4.33. The summed E-state index contributed by atoms with van der Waals surface area (Å²) < 4.78 is 0.796. The van der Waals surface area contributed by atoms with Crippen molar-refractivity contribution in [3.8, 4) is 0 Å². The number of halogens is 1. The maximum Gasteiger partial charge on any atom is 0.106 e. The van der Waals surface area contributed by atoms with Crippen molar-refractivity contribution in [2.75, 3.05) is 0 Å². The smallest absolute Gasteiger partial charge is 0.106 e. The van der Waals surface area contributed by atoms with E-state index >= 15 is 0 Å². The molecule has 1 aromatic rings. The van der Waals surface area contributed by atoms with Crippen LogP contribution < -0.4 is 0 Å². The van der Waals surface area contributed by atoms with Crippen molar-refractivity contribution >= 4 is 15.9 Å². The molecular weight excluding hydrogens is 206 g/mol. The van der Waals surface area contributed by atoms with E-state index in [9.17, 15) is 5.11 Å². The molecule has 0 saturated carbocycles. The lowest BCUT2D eigenvalue weighted by Crippen LogP contribution is -1.95. The number of hydrogen-bond acceptors (Lipinski definition) is 2. The summed E-state index contributed by atoms with van der Waals surface area (Å²) in [6.45, 7) is 1.94. The molecule has 60 valence electrons. The number of nitrogens with zero attached hydrogens (tertiary/aromatic N) is 1. The van der Waals surface area contributed by atoms with Gasteiger partial charge in [0.15, 0.2) is 0 Å². The van der Waals surface area contributed by atoms with Gasteiger partial charge in [-0.1, -0.05) is 13.0 Å². The Kier molecular flexibility index (Phi) is 3.02. The molecule has 3 heteroatoms. The fourth-order valence-electron chi connectivity index (χ4n) is 0.820. The van der Waals surface area contributed by atoms with E-state index in [1.807, 2.05) is 19.1 Å². The number of aliphatic hydroxyl groups is 1. The Bertz CT molecular complexity index is 222. The third kappa shape index (κ3) is 2.27. The first kappa shape index (κ1) is 8.68. The van der Waals surface area contributed by atoms with Crippen LogP contribution in [0.4, 0.5) is 0 Å². The zero-order valence-electron chi connectivity index (χ0n) is 6.29. The van der Waals surface area contributed by atoms with E-state index in [2.05, 4.69) is 20.9 Å². The topological polar surface area (TPSA) is 33.1 Å². The highest BCUT2D eigenvalue weighted by Gasteiger charge is 2.03. The predicted octanol–water partition coefficient (Wildman–Crippen LogP) is 2.29. The van der Waals surface area contributed by atoms with Gasteiger partial charge in [0.1, 0.15) is 4.60 Å². The van der Waals surface area contributed by atoms with Crippen molar-refractivity contribution in [1.29, 1.82) is 0 Å². The van der Waals surface area contributed by atoms with Gasteiger partial charge < -0.3 is 5.11 Å². The quantitative estimate of drug-likeness (QED) is 0.769. The Balaban J connectivity index is 2.81. The third-order valence-electron chi connectivity index (χ3n) is 1.52. The first-order chi connectivity index (χ1) is 5.24. The average Bonchev–Trinajstić information content (AvgIpc) is 2.05. The van der Waals surface area contributed by atoms with Crippen molar-refractivity contribution in [2.24, 2.45) is 0 Å². The van der Waals surface area contributed by atoms with Gasteiger partial charge >= 0.3 is 0 Å². The first-order valence-electron chi connectivity index (χ1n) is 3.53. The maximum absolute atomic E-state index is 9.36. The molecule has 0 aliphatic carbocycles. The molecule has 0 aliphatic rings. The van der Waals surface area contributed by atoms with Crippen molar-refractivity contribution in [1.82, 2.24) is 4.98 Å². The Morgan fingerprint density at radius 1 is 1.64 bits per heavy atom. The lowest BCUT2D eigenvalue weighted by molar-refractivity contribution is 0.173. The minimum absolute atomic E-state index is 0.379. The Labute approximate surface area is 74.4 Å². The van der Waals surface area contributed by atoms with Crippen LogP contribution in [0.25, 0.3) is 0 Å². The molecule has 1 aromatic heterocycles. The lowest BCUT2D eigenvalue weighted by atomic mass is 10.1. The van der Waals surface area contributed by atoms with Crippen LogP contribution in [0.1, 0.15) is 25.0 Å². The number of aliphatic hydroxyl groups excluding tert-OH is 1. The van der Waals surface area contributed by atoms with Gasteiger partial charge in [0, 0.05) is 6.20 Å². The standard InChI is InChI=1S/C8H10BrNO/c1-2-7(11)6-3-4-8(9)10-5-6/h3-5,7,11H,2H2,1H3/t7-/m0/s1. The molecule has 0 spiro atoms. The highest BCUT2D eigenvalue weighted by molar-refractivity contribution is 9.10. The molecule has 0 bridgehead atoms. The summed E-state index contributed by atoms with van der Waals surface area (Å²) in [4.78, 5) is 4.00. The van der Waals surface area contributed by atoms with E-state index in [0.29, 0.717) is 0 Å². The fourth-order valence-corrected chi connectivity index (χ4v) is 1.05. The van der Waals surface area contributed by atoms with Gasteiger partial charge in [-0.15, -0.1) is 0 Å². The Hall–Kier alpha value is -0.410. The van der Waals surface area contributed by atoms with E-state index in [4.69, 9.17) is 0 Å². The molecule has 0 unspecified atom stereocenters. The summed E-state index contributed by atoms with van der Waals surface area (Å²) in [5.41, 5.74) is 0.871. The van der Waals surface area contributed by atoms with Gasteiger partial charge in [-0.2, -0.15) is 0 Å². The maximum atomic E-state index is 9.36. The minimum Gasteiger partial charge on any atom is -0.388 e. The third-order valence-corrected chi connectivity index (χ3v) is 1.99. The largest absolute Gasteiger partial charge is 0.388 e. The SMILES string of the molecule is CC[C@H](O)c1ccc(Br)nc1. The van der Waals surface area contributed by atoms with E-state index < -0.39 is 0 Å². The number of pyridine rings is 1. The summed E-state index contributed by atoms with van der Waals surface area (Å²) in [5, 5.41) is 9.36. The predicted molar refractivity (Wildman–Crippen MR) is 47.2 cm³/mol. The molecule has 0 radical (unpaired) electrons. The average molecular weight is 216 g/mol. The minimum atomic E-state index is -0.379. The van der Waals surface area contributed by atoms with Crippen LogP contribution >= 0.6 is 15.9 Å². The molecule has 2 nitrogen and oxygen atoms in total.